The standard InChI is InChI=1S/C16H21F9O5S2/c1-2-3-4-5-12(27)10-31(8-6-11(26)7-9-31)30-32(28,29)16(24,25)14(19,20)13(17,18)15(21,22)23/h2-10H2,1H3. The molecule has 0 atom stereocenters. The van der Waals surface area contributed by atoms with Crippen LogP contribution in [0.2, 0.25) is 0 Å². The van der Waals surface area contributed by atoms with Gasteiger partial charge in [0.1, 0.15) is 11.6 Å². The van der Waals surface area contributed by atoms with Crippen molar-refractivity contribution in [3.8, 4) is 0 Å². The summed E-state index contributed by atoms with van der Waals surface area (Å²) in [5.41, 5.74) is 0. The second-order valence-electron chi connectivity index (χ2n) is 7.24. The molecule has 0 spiro atoms. The predicted molar refractivity (Wildman–Crippen MR) is 96.5 cm³/mol. The van der Waals surface area contributed by atoms with Gasteiger partial charge in [0, 0.05) is 30.8 Å². The summed E-state index contributed by atoms with van der Waals surface area (Å²) in [7, 11) is -10.6. The van der Waals surface area contributed by atoms with E-state index in [1.165, 1.54) is 0 Å². The Morgan fingerprint density at radius 2 is 1.44 bits per heavy atom. The number of hydrogen-bond donors (Lipinski definition) is 0. The Hall–Kier alpha value is -1.03. The molecule has 1 fully saturated rings. The maximum Gasteiger partial charge on any atom is 0.460 e. The Balaban J connectivity index is 3.30. The Morgan fingerprint density at radius 3 is 1.88 bits per heavy atom. The van der Waals surface area contributed by atoms with Crippen LogP contribution >= 0.6 is 10.3 Å². The van der Waals surface area contributed by atoms with Crippen LogP contribution in [0.5, 0.6) is 0 Å². The number of carbonyl (C=O) groups excluding carboxylic acids is 2. The number of Topliss-reactive ketones (excluding diaryl/α,β-unsaturated/α-hetero) is 2. The van der Waals surface area contributed by atoms with Crippen LogP contribution in [0, 0.1) is 0 Å². The Morgan fingerprint density at radius 1 is 0.938 bits per heavy atom. The van der Waals surface area contributed by atoms with Gasteiger partial charge in [-0.1, -0.05) is 19.8 Å². The maximum absolute atomic E-state index is 14.0. The van der Waals surface area contributed by atoms with Gasteiger partial charge in [0.15, 0.2) is 0 Å². The Bertz CT molecular complexity index is 799. The minimum Gasteiger partial charge on any atom is -0.300 e. The van der Waals surface area contributed by atoms with Crippen molar-refractivity contribution in [1.82, 2.24) is 0 Å². The van der Waals surface area contributed by atoms with Crippen LogP contribution < -0.4 is 0 Å². The first-order chi connectivity index (χ1) is 14.3. The van der Waals surface area contributed by atoms with E-state index in [-0.39, 0.29) is 6.42 Å². The molecule has 0 radical (unpaired) electrons. The van der Waals surface area contributed by atoms with Gasteiger partial charge in [-0.05, 0) is 6.42 Å². The second-order valence-corrected chi connectivity index (χ2v) is 12.2. The normalized spacial score (nSPS) is 19.6. The van der Waals surface area contributed by atoms with Crippen molar-refractivity contribution in [3.63, 3.8) is 0 Å². The molecule has 0 aliphatic carbocycles. The highest BCUT2D eigenvalue weighted by Crippen LogP contribution is 2.60. The van der Waals surface area contributed by atoms with Gasteiger partial charge in [-0.2, -0.15) is 47.9 Å². The SMILES string of the molecule is CCCCCC(=O)CS1(OS(=O)(=O)C(F)(F)C(F)(F)C(F)(F)C(F)(F)F)CCC(=O)CC1. The average Bonchev–Trinajstić information content (AvgIpc) is 2.62. The molecule has 1 saturated heterocycles. The van der Waals surface area contributed by atoms with Crippen LogP contribution in [-0.4, -0.2) is 60.5 Å². The van der Waals surface area contributed by atoms with Crippen LogP contribution in [0.25, 0.3) is 0 Å². The number of hydrogen-bond acceptors (Lipinski definition) is 5. The summed E-state index contributed by atoms with van der Waals surface area (Å²) in [5, 5.41) is -6.99. The van der Waals surface area contributed by atoms with Crippen molar-refractivity contribution in [2.45, 2.75) is 68.7 Å². The summed E-state index contributed by atoms with van der Waals surface area (Å²) in [4.78, 5) is 23.6. The van der Waals surface area contributed by atoms with Crippen molar-refractivity contribution in [2.75, 3.05) is 17.3 Å². The summed E-state index contributed by atoms with van der Waals surface area (Å²) in [6.07, 6.45) is -6.71. The molecule has 1 rings (SSSR count). The third-order valence-electron chi connectivity index (χ3n) is 4.65. The van der Waals surface area contributed by atoms with Crippen LogP contribution in [0.4, 0.5) is 39.5 Å². The summed E-state index contributed by atoms with van der Waals surface area (Å²) in [6.45, 7) is 1.79. The lowest BCUT2D eigenvalue weighted by Crippen LogP contribution is -2.63. The molecule has 0 aromatic rings. The quantitative estimate of drug-likeness (QED) is 0.279. The van der Waals surface area contributed by atoms with Crippen molar-refractivity contribution in [2.24, 2.45) is 0 Å². The van der Waals surface area contributed by atoms with E-state index in [4.69, 9.17) is 0 Å². The fourth-order valence-corrected chi connectivity index (χ4v) is 8.22. The van der Waals surface area contributed by atoms with Gasteiger partial charge in [0.05, 0.1) is 5.75 Å². The van der Waals surface area contributed by atoms with Gasteiger partial charge in [-0.25, -0.2) is 3.63 Å². The summed E-state index contributed by atoms with van der Waals surface area (Å²) >= 11 is 0. The first kappa shape index (κ1) is 29.0. The smallest absolute Gasteiger partial charge is 0.300 e. The molecule has 0 amide bonds. The lowest BCUT2D eigenvalue weighted by molar-refractivity contribution is -0.382. The lowest BCUT2D eigenvalue weighted by atomic mass is 10.1. The zero-order valence-corrected chi connectivity index (χ0v) is 18.3. The lowest BCUT2D eigenvalue weighted by Gasteiger charge is -2.42. The fraction of sp³-hybridized carbons (Fsp3) is 0.875. The van der Waals surface area contributed by atoms with E-state index in [1.54, 1.807) is 6.92 Å². The minimum atomic E-state index is -7.42. The van der Waals surface area contributed by atoms with E-state index in [0.29, 0.717) is 19.3 Å². The molecule has 190 valence electrons. The van der Waals surface area contributed by atoms with E-state index in [0.717, 1.165) is 0 Å². The molecule has 16 heteroatoms. The minimum absolute atomic E-state index is 0.154. The van der Waals surface area contributed by atoms with Crippen molar-refractivity contribution in [3.05, 3.63) is 0 Å². The highest BCUT2D eigenvalue weighted by molar-refractivity contribution is 8.33. The summed E-state index contributed by atoms with van der Waals surface area (Å²) < 4.78 is 146. The van der Waals surface area contributed by atoms with Gasteiger partial charge in [0.2, 0.25) is 0 Å². The molecule has 0 aromatic heterocycles. The molecule has 0 saturated carbocycles. The topological polar surface area (TPSA) is 77.5 Å². The fourth-order valence-electron chi connectivity index (χ4n) is 2.75. The molecule has 1 aliphatic rings. The third kappa shape index (κ3) is 5.72. The van der Waals surface area contributed by atoms with Crippen LogP contribution in [0.1, 0.15) is 45.4 Å². The molecule has 1 heterocycles. The first-order valence-corrected chi connectivity index (χ1v) is 12.7. The highest BCUT2D eigenvalue weighted by Gasteiger charge is 2.86. The van der Waals surface area contributed by atoms with E-state index >= 15 is 0 Å². The second kappa shape index (κ2) is 9.68. The van der Waals surface area contributed by atoms with Gasteiger partial charge in [-0.15, -0.1) is 10.3 Å². The molecular weight excluding hydrogens is 507 g/mol. The molecule has 1 aliphatic heterocycles. The summed E-state index contributed by atoms with van der Waals surface area (Å²) in [5.74, 6) is -18.1. The van der Waals surface area contributed by atoms with Gasteiger partial charge in [0.25, 0.3) is 0 Å². The van der Waals surface area contributed by atoms with E-state index in [9.17, 15) is 57.5 Å². The molecular formula is C16H21F9O5S2. The monoisotopic (exact) mass is 528 g/mol. The Labute approximate surface area is 179 Å². The summed E-state index contributed by atoms with van der Waals surface area (Å²) in [6, 6.07) is 0. The van der Waals surface area contributed by atoms with Crippen LogP contribution in [0.15, 0.2) is 0 Å². The number of carbonyl (C=O) groups is 2. The molecule has 0 bridgehead atoms. The number of halogens is 9. The van der Waals surface area contributed by atoms with Crippen molar-refractivity contribution in [1.29, 1.82) is 0 Å². The van der Waals surface area contributed by atoms with Crippen molar-refractivity contribution < 1.29 is 61.1 Å². The van der Waals surface area contributed by atoms with E-state index in [2.05, 4.69) is 3.63 Å². The molecule has 0 N–H and O–H groups in total. The highest BCUT2D eigenvalue weighted by atomic mass is 32.3. The molecule has 0 unspecified atom stereocenters. The Kier molecular flexibility index (Phi) is 8.77. The van der Waals surface area contributed by atoms with E-state index < -0.39 is 85.4 Å². The first-order valence-electron chi connectivity index (χ1n) is 9.22. The van der Waals surface area contributed by atoms with Crippen molar-refractivity contribution >= 4 is 32.0 Å². The van der Waals surface area contributed by atoms with Gasteiger partial charge < -0.3 is 0 Å². The number of unbranched alkanes of at least 4 members (excludes halogenated alkanes) is 2. The maximum atomic E-state index is 14.0. The molecule has 0 aromatic carbocycles. The van der Waals surface area contributed by atoms with Gasteiger partial charge in [-0.3, -0.25) is 9.59 Å². The predicted octanol–water partition coefficient (Wildman–Crippen LogP) is 4.99. The van der Waals surface area contributed by atoms with Crippen LogP contribution in [-0.2, 0) is 23.3 Å². The molecule has 32 heavy (non-hydrogen) atoms. The number of ketones is 2. The average molecular weight is 528 g/mol. The van der Waals surface area contributed by atoms with Gasteiger partial charge >= 0.3 is 33.4 Å². The zero-order valence-electron chi connectivity index (χ0n) is 16.6. The zero-order chi connectivity index (χ0) is 25.2. The number of rotatable bonds is 11. The largest absolute Gasteiger partial charge is 0.460 e. The van der Waals surface area contributed by atoms with E-state index in [1.807, 2.05) is 0 Å². The third-order valence-corrected chi connectivity index (χ3v) is 10.2. The molecule has 5 nitrogen and oxygen atoms in total. The number of alkyl halides is 9. The van der Waals surface area contributed by atoms with Crippen LogP contribution in [0.3, 0.4) is 0 Å².